The Balaban J connectivity index is 1.60. The average Bonchev–Trinajstić information content (AvgIpc) is 3.33. The number of fused-ring (bicyclic) bond motifs is 1. The monoisotopic (exact) mass is 594 g/mol. The van der Waals surface area contributed by atoms with Gasteiger partial charge in [-0.15, -0.1) is 11.8 Å². The summed E-state index contributed by atoms with van der Waals surface area (Å²) in [7, 11) is 1.67. The van der Waals surface area contributed by atoms with Crippen molar-refractivity contribution in [2.24, 2.45) is 5.92 Å². The lowest BCUT2D eigenvalue weighted by atomic mass is 9.98. The zero-order valence-corrected chi connectivity index (χ0v) is 26.1. The summed E-state index contributed by atoms with van der Waals surface area (Å²) in [5, 5.41) is 5.00. The SMILES string of the molecule is COc1ccccc1C1SCC(=O)N(CC(=O)N2CCC(C)CC2)c2c1c(-c1ccccc1)nn2-c1ccc(C)cc1C. The summed E-state index contributed by atoms with van der Waals surface area (Å²) in [5.41, 5.74) is 6.69. The molecular formula is C35H38N4O3S. The summed E-state index contributed by atoms with van der Waals surface area (Å²) in [4.78, 5) is 31.5. The molecule has 6 rings (SSSR count). The highest BCUT2D eigenvalue weighted by Gasteiger charge is 2.39. The highest BCUT2D eigenvalue weighted by Crippen LogP contribution is 2.50. The van der Waals surface area contributed by atoms with E-state index in [1.165, 1.54) is 0 Å². The zero-order valence-electron chi connectivity index (χ0n) is 25.2. The van der Waals surface area contributed by atoms with E-state index in [-0.39, 0.29) is 29.4 Å². The van der Waals surface area contributed by atoms with Crippen molar-refractivity contribution in [2.75, 3.05) is 37.4 Å². The van der Waals surface area contributed by atoms with Gasteiger partial charge in [-0.25, -0.2) is 4.68 Å². The van der Waals surface area contributed by atoms with E-state index >= 15 is 0 Å². The third-order valence-electron chi connectivity index (χ3n) is 8.57. The number of amides is 2. The number of nitrogens with zero attached hydrogens (tertiary/aromatic N) is 4. The Labute approximate surface area is 257 Å². The number of anilines is 1. The third-order valence-corrected chi connectivity index (χ3v) is 9.80. The van der Waals surface area contributed by atoms with Crippen LogP contribution in [-0.4, -0.2) is 59.0 Å². The number of thioether (sulfide) groups is 1. The van der Waals surface area contributed by atoms with Crippen molar-refractivity contribution >= 4 is 29.4 Å². The highest BCUT2D eigenvalue weighted by molar-refractivity contribution is 8.00. The molecule has 1 unspecified atom stereocenters. The molecule has 1 saturated heterocycles. The number of piperidine rings is 1. The van der Waals surface area contributed by atoms with Crippen LogP contribution < -0.4 is 9.64 Å². The van der Waals surface area contributed by atoms with Crippen LogP contribution in [0.4, 0.5) is 5.82 Å². The van der Waals surface area contributed by atoms with E-state index in [0.717, 1.165) is 70.9 Å². The van der Waals surface area contributed by atoms with E-state index in [2.05, 4.69) is 57.2 Å². The molecule has 0 radical (unpaired) electrons. The van der Waals surface area contributed by atoms with Gasteiger partial charge < -0.3 is 9.64 Å². The fourth-order valence-electron chi connectivity index (χ4n) is 6.16. The van der Waals surface area contributed by atoms with E-state index in [4.69, 9.17) is 9.84 Å². The minimum Gasteiger partial charge on any atom is -0.496 e. The molecule has 3 aromatic carbocycles. The maximum atomic E-state index is 14.1. The number of para-hydroxylation sites is 1. The van der Waals surface area contributed by atoms with Gasteiger partial charge in [-0.2, -0.15) is 5.10 Å². The van der Waals surface area contributed by atoms with Gasteiger partial charge in [0.2, 0.25) is 11.8 Å². The smallest absolute Gasteiger partial charge is 0.242 e. The van der Waals surface area contributed by atoms with Crippen molar-refractivity contribution in [1.29, 1.82) is 0 Å². The Hall–Kier alpha value is -4.04. The molecule has 1 fully saturated rings. The van der Waals surface area contributed by atoms with Gasteiger partial charge in [-0.05, 0) is 50.3 Å². The fraction of sp³-hybridized carbons (Fsp3) is 0.343. The molecule has 1 aromatic heterocycles. The fourth-order valence-corrected chi connectivity index (χ4v) is 7.38. The number of rotatable bonds is 6. The van der Waals surface area contributed by atoms with Gasteiger partial charge in [-0.1, -0.05) is 73.2 Å². The molecule has 3 heterocycles. The Morgan fingerprint density at radius 2 is 1.72 bits per heavy atom. The number of benzene rings is 3. The van der Waals surface area contributed by atoms with E-state index in [1.807, 2.05) is 46.0 Å². The summed E-state index contributed by atoms with van der Waals surface area (Å²) >= 11 is 1.56. The first-order valence-corrected chi connectivity index (χ1v) is 16.0. The lowest BCUT2D eigenvalue weighted by Crippen LogP contribution is -2.46. The molecule has 8 heteroatoms. The van der Waals surface area contributed by atoms with Crippen LogP contribution in [0.25, 0.3) is 16.9 Å². The van der Waals surface area contributed by atoms with Crippen molar-refractivity contribution in [2.45, 2.75) is 38.9 Å². The van der Waals surface area contributed by atoms with Gasteiger partial charge in [-0.3, -0.25) is 14.5 Å². The van der Waals surface area contributed by atoms with Crippen molar-refractivity contribution < 1.29 is 14.3 Å². The second kappa shape index (κ2) is 12.3. The van der Waals surface area contributed by atoms with Crippen LogP contribution >= 0.6 is 11.8 Å². The summed E-state index contributed by atoms with van der Waals surface area (Å²) < 4.78 is 7.72. The molecule has 43 heavy (non-hydrogen) atoms. The molecule has 2 aliphatic heterocycles. The number of aryl methyl sites for hydroxylation is 2. The molecule has 0 N–H and O–H groups in total. The molecule has 0 aliphatic carbocycles. The second-order valence-electron chi connectivity index (χ2n) is 11.6. The Morgan fingerprint density at radius 1 is 1.00 bits per heavy atom. The highest BCUT2D eigenvalue weighted by atomic mass is 32.2. The van der Waals surface area contributed by atoms with E-state index in [0.29, 0.717) is 11.7 Å². The molecule has 0 saturated carbocycles. The maximum Gasteiger partial charge on any atom is 0.242 e. The van der Waals surface area contributed by atoms with Gasteiger partial charge >= 0.3 is 0 Å². The Kier molecular flexibility index (Phi) is 8.30. The Bertz CT molecular complexity index is 1640. The average molecular weight is 595 g/mol. The number of likely N-dealkylation sites (tertiary alicyclic amines) is 1. The molecular weight excluding hydrogens is 556 g/mol. The van der Waals surface area contributed by atoms with E-state index < -0.39 is 0 Å². The standard InChI is InChI=1S/C35H38N4O3S/c1-23-16-18-37(19-17-23)30(40)21-38-31(41)22-43-34(27-12-8-9-13-29(27)42-4)32-33(26-10-6-5-7-11-26)36-39(35(32)38)28-15-14-24(2)20-25(28)3/h5-15,20,23,34H,16-19,21-22H2,1-4H3. The minimum absolute atomic E-state index is 0.0236. The second-order valence-corrected chi connectivity index (χ2v) is 12.7. The Morgan fingerprint density at radius 3 is 2.44 bits per heavy atom. The molecule has 4 aromatic rings. The van der Waals surface area contributed by atoms with Crippen LogP contribution in [0.5, 0.6) is 5.75 Å². The van der Waals surface area contributed by atoms with Crippen molar-refractivity contribution in [3.05, 3.63) is 95.1 Å². The number of carbonyl (C=O) groups is 2. The van der Waals surface area contributed by atoms with Crippen LogP contribution in [0, 0.1) is 19.8 Å². The summed E-state index contributed by atoms with van der Waals surface area (Å²) in [6, 6.07) is 24.3. The number of hydrogen-bond donors (Lipinski definition) is 0. The molecule has 1 atom stereocenters. The lowest BCUT2D eigenvalue weighted by molar-refractivity contribution is -0.132. The molecule has 0 bridgehead atoms. The normalized spacial score (nSPS) is 17.5. The number of methoxy groups -OCH3 is 1. The molecule has 2 aliphatic rings. The molecule has 0 spiro atoms. The van der Waals surface area contributed by atoms with Crippen molar-refractivity contribution in [3.63, 3.8) is 0 Å². The van der Waals surface area contributed by atoms with E-state index in [1.54, 1.807) is 23.8 Å². The first-order valence-electron chi connectivity index (χ1n) is 14.9. The summed E-state index contributed by atoms with van der Waals surface area (Å²) in [5.74, 6) is 2.10. The van der Waals surface area contributed by atoms with Crippen LogP contribution in [0.15, 0.2) is 72.8 Å². The largest absolute Gasteiger partial charge is 0.496 e. The number of carbonyl (C=O) groups excluding carboxylic acids is 2. The van der Waals surface area contributed by atoms with Gasteiger partial charge in [0.1, 0.15) is 18.1 Å². The maximum absolute atomic E-state index is 14.1. The van der Waals surface area contributed by atoms with Gasteiger partial charge in [0.15, 0.2) is 0 Å². The number of hydrogen-bond acceptors (Lipinski definition) is 5. The lowest BCUT2D eigenvalue weighted by Gasteiger charge is -2.32. The van der Waals surface area contributed by atoms with Gasteiger partial charge in [0, 0.05) is 29.8 Å². The van der Waals surface area contributed by atoms with Crippen molar-refractivity contribution in [3.8, 4) is 22.7 Å². The molecule has 2 amide bonds. The third kappa shape index (κ3) is 5.68. The van der Waals surface area contributed by atoms with E-state index in [9.17, 15) is 9.59 Å². The molecule has 7 nitrogen and oxygen atoms in total. The topological polar surface area (TPSA) is 67.7 Å². The predicted molar refractivity (Wildman–Crippen MR) is 173 cm³/mol. The minimum atomic E-state index is -0.249. The quantitative estimate of drug-likeness (QED) is 0.252. The van der Waals surface area contributed by atoms with Crippen LogP contribution in [0.2, 0.25) is 0 Å². The van der Waals surface area contributed by atoms with Crippen LogP contribution in [0.1, 0.15) is 47.3 Å². The van der Waals surface area contributed by atoms with Gasteiger partial charge in [0.05, 0.1) is 29.5 Å². The predicted octanol–water partition coefficient (Wildman–Crippen LogP) is 6.59. The molecule has 222 valence electrons. The first-order chi connectivity index (χ1) is 20.9. The van der Waals surface area contributed by atoms with Crippen LogP contribution in [-0.2, 0) is 9.59 Å². The van der Waals surface area contributed by atoms with Crippen LogP contribution in [0.3, 0.4) is 0 Å². The van der Waals surface area contributed by atoms with Crippen molar-refractivity contribution in [1.82, 2.24) is 14.7 Å². The first kappa shape index (κ1) is 29.1. The number of ether oxygens (including phenoxy) is 1. The summed E-state index contributed by atoms with van der Waals surface area (Å²) in [6.07, 6.45) is 1.96. The summed E-state index contributed by atoms with van der Waals surface area (Å²) in [6.45, 7) is 7.78. The van der Waals surface area contributed by atoms with Gasteiger partial charge in [0.25, 0.3) is 0 Å². The zero-order chi connectivity index (χ0) is 30.1. The number of aromatic nitrogens is 2.